The quantitative estimate of drug-likeness (QED) is 0.118. The van der Waals surface area contributed by atoms with Crippen molar-refractivity contribution in [3.63, 3.8) is 0 Å². The number of rotatable bonds is 10. The first kappa shape index (κ1) is 34.4. The van der Waals surface area contributed by atoms with E-state index in [-0.39, 0.29) is 28.8 Å². The number of hydrogen-bond acceptors (Lipinski definition) is 5. The predicted molar refractivity (Wildman–Crippen MR) is 193 cm³/mol. The molecular weight excluding hydrogens is 689 g/mol. The van der Waals surface area contributed by atoms with Gasteiger partial charge in [0.25, 0.3) is 8.32 Å². The Labute approximate surface area is 285 Å². The van der Waals surface area contributed by atoms with Crippen molar-refractivity contribution in [2.24, 2.45) is 23.7 Å². The lowest BCUT2D eigenvalue weighted by Crippen LogP contribution is -2.66. The van der Waals surface area contributed by atoms with Gasteiger partial charge in [0.2, 0.25) is 0 Å². The van der Waals surface area contributed by atoms with Gasteiger partial charge in [0.15, 0.2) is 5.76 Å². The van der Waals surface area contributed by atoms with Gasteiger partial charge in [-0.15, -0.1) is 0 Å². The zero-order valence-corrected chi connectivity index (χ0v) is 31.6. The fourth-order valence-electron chi connectivity index (χ4n) is 7.82. The molecule has 2 aliphatic rings. The molecule has 0 N–H and O–H groups in total. The van der Waals surface area contributed by atoms with Crippen molar-refractivity contribution in [2.75, 3.05) is 6.61 Å². The van der Waals surface area contributed by atoms with Crippen LogP contribution in [-0.4, -0.2) is 31.7 Å². The Morgan fingerprint density at radius 3 is 2.00 bits per heavy atom. The molecule has 2 aromatic carbocycles. The zero-order chi connectivity index (χ0) is 32.6. The summed E-state index contributed by atoms with van der Waals surface area (Å²) in [5.41, 5.74) is 0.381. The maximum absolute atomic E-state index is 13.7. The molecule has 1 aromatic heterocycles. The summed E-state index contributed by atoms with van der Waals surface area (Å²) in [6.07, 6.45) is 5.14. The minimum Gasteiger partial charge on any atom is -0.460 e. The molecular formula is C38H52INO4Si. The molecule has 2 saturated carbocycles. The van der Waals surface area contributed by atoms with Crippen molar-refractivity contribution in [1.82, 2.24) is 5.16 Å². The lowest BCUT2D eigenvalue weighted by molar-refractivity contribution is -0.160. The molecule has 5 nitrogen and oxygen atoms in total. The summed E-state index contributed by atoms with van der Waals surface area (Å²) in [4.78, 5) is 13.7. The fraction of sp³-hybridized carbons (Fsp3) is 0.579. The van der Waals surface area contributed by atoms with E-state index in [0.29, 0.717) is 12.5 Å². The topological polar surface area (TPSA) is 61.6 Å². The smallest absolute Gasteiger partial charge is 0.310 e. The van der Waals surface area contributed by atoms with E-state index in [1.54, 1.807) is 0 Å². The summed E-state index contributed by atoms with van der Waals surface area (Å²) in [6.45, 7) is 18.0. The number of esters is 1. The standard InChI is InChI=1S/C38H52INO4Si/c1-25(2)19-26-20-28(21-26)35-33(39)34(40-44-35)31-22-27(23-32(31)36(41)43-37(3,4)5)24-42-45(38(6,7)8,29-15-11-9-12-16-29)30-17-13-10-14-18-30/h9-18,25-28,31-32H,19-24H2,1-8H3/t26?,27?,28?,31-,32-/m0/s1. The molecule has 45 heavy (non-hydrogen) atoms. The summed E-state index contributed by atoms with van der Waals surface area (Å²) in [5.74, 6) is 2.66. The van der Waals surface area contributed by atoms with E-state index in [2.05, 4.69) is 123 Å². The number of hydrogen-bond donors (Lipinski definition) is 0. The van der Waals surface area contributed by atoms with Crippen molar-refractivity contribution in [3.05, 3.63) is 75.7 Å². The highest BCUT2D eigenvalue weighted by molar-refractivity contribution is 14.1. The SMILES string of the molecule is CC(C)CC1CC(c2onc([C@H]3CC(CO[Si](c4ccccc4)(c4ccccc4)C(C)(C)C)C[C@@H]3C(=O)OC(C)(C)C)c2I)C1. The molecule has 3 atom stereocenters. The molecule has 2 fully saturated rings. The van der Waals surface area contributed by atoms with Crippen LogP contribution in [0.25, 0.3) is 0 Å². The Morgan fingerprint density at radius 1 is 0.911 bits per heavy atom. The number of carbonyl (C=O) groups excluding carboxylic acids is 1. The van der Waals surface area contributed by atoms with Crippen molar-refractivity contribution in [3.8, 4) is 0 Å². The minimum absolute atomic E-state index is 0.0523. The summed E-state index contributed by atoms with van der Waals surface area (Å²) >= 11 is 2.43. The largest absolute Gasteiger partial charge is 0.460 e. The van der Waals surface area contributed by atoms with Gasteiger partial charge < -0.3 is 13.7 Å². The first-order chi connectivity index (χ1) is 21.2. The highest BCUT2D eigenvalue weighted by atomic mass is 127. The molecule has 0 radical (unpaired) electrons. The van der Waals surface area contributed by atoms with E-state index in [9.17, 15) is 4.79 Å². The lowest BCUT2D eigenvalue weighted by atomic mass is 9.70. The average Bonchev–Trinajstić information content (AvgIpc) is 3.53. The molecule has 0 spiro atoms. The van der Waals surface area contributed by atoms with Gasteiger partial charge in [-0.2, -0.15) is 0 Å². The second-order valence-electron chi connectivity index (χ2n) is 16.0. The molecule has 5 rings (SSSR count). The Balaban J connectivity index is 1.42. The van der Waals surface area contributed by atoms with Crippen LogP contribution >= 0.6 is 22.6 Å². The Bertz CT molecular complexity index is 1380. The fourth-order valence-corrected chi connectivity index (χ4v) is 13.5. The molecule has 1 unspecified atom stereocenters. The minimum atomic E-state index is -2.69. The van der Waals surface area contributed by atoms with E-state index in [0.717, 1.165) is 52.5 Å². The second kappa shape index (κ2) is 13.6. The number of ether oxygens (including phenoxy) is 1. The molecule has 0 bridgehead atoms. The average molecular weight is 742 g/mol. The summed E-state index contributed by atoms with van der Waals surface area (Å²) in [6, 6.07) is 21.6. The van der Waals surface area contributed by atoms with Crippen LogP contribution in [0.5, 0.6) is 0 Å². The second-order valence-corrected chi connectivity index (χ2v) is 21.4. The number of benzene rings is 2. The van der Waals surface area contributed by atoms with Crippen LogP contribution in [0.3, 0.4) is 0 Å². The van der Waals surface area contributed by atoms with Gasteiger partial charge in [-0.1, -0.05) is 100 Å². The Kier molecular flexibility index (Phi) is 10.4. The van der Waals surface area contributed by atoms with Crippen LogP contribution < -0.4 is 10.4 Å². The van der Waals surface area contributed by atoms with Crippen molar-refractivity contribution >= 4 is 47.3 Å². The van der Waals surface area contributed by atoms with Crippen molar-refractivity contribution in [2.45, 2.75) is 110 Å². The Hall–Kier alpha value is -1.97. The summed E-state index contributed by atoms with van der Waals surface area (Å²) in [7, 11) is -2.69. The van der Waals surface area contributed by atoms with Crippen LogP contribution in [0.15, 0.2) is 65.2 Å². The van der Waals surface area contributed by atoms with E-state index in [1.807, 2.05) is 20.8 Å². The van der Waals surface area contributed by atoms with Gasteiger partial charge in [-0.3, -0.25) is 4.79 Å². The molecule has 0 aliphatic heterocycles. The lowest BCUT2D eigenvalue weighted by Gasteiger charge is -2.43. The predicted octanol–water partition coefficient (Wildman–Crippen LogP) is 8.85. The monoisotopic (exact) mass is 741 g/mol. The van der Waals surface area contributed by atoms with Crippen LogP contribution in [0.2, 0.25) is 5.04 Å². The number of aromatic nitrogens is 1. The highest BCUT2D eigenvalue weighted by Crippen LogP contribution is 2.50. The normalized spacial score (nSPS) is 24.1. The summed E-state index contributed by atoms with van der Waals surface area (Å²) in [5, 5.41) is 7.11. The van der Waals surface area contributed by atoms with Gasteiger partial charge in [0, 0.05) is 18.4 Å². The van der Waals surface area contributed by atoms with Gasteiger partial charge in [0.1, 0.15) is 11.3 Å². The van der Waals surface area contributed by atoms with Gasteiger partial charge in [0.05, 0.1) is 9.49 Å². The number of carbonyl (C=O) groups is 1. The molecule has 0 saturated heterocycles. The maximum Gasteiger partial charge on any atom is 0.310 e. The van der Waals surface area contributed by atoms with Gasteiger partial charge in [-0.25, -0.2) is 0 Å². The Morgan fingerprint density at radius 2 is 1.49 bits per heavy atom. The zero-order valence-electron chi connectivity index (χ0n) is 28.4. The third kappa shape index (κ3) is 7.46. The van der Waals surface area contributed by atoms with Crippen LogP contribution in [0.4, 0.5) is 0 Å². The highest BCUT2D eigenvalue weighted by Gasteiger charge is 2.52. The van der Waals surface area contributed by atoms with Crippen molar-refractivity contribution in [1.29, 1.82) is 0 Å². The molecule has 1 heterocycles. The van der Waals surface area contributed by atoms with Crippen LogP contribution in [0, 0.1) is 27.2 Å². The molecule has 244 valence electrons. The molecule has 7 heteroatoms. The van der Waals surface area contributed by atoms with Crippen LogP contribution in [-0.2, 0) is 14.0 Å². The van der Waals surface area contributed by atoms with Gasteiger partial charge >= 0.3 is 5.97 Å². The third-order valence-electron chi connectivity index (χ3n) is 9.77. The van der Waals surface area contributed by atoms with E-state index < -0.39 is 13.9 Å². The summed E-state index contributed by atoms with van der Waals surface area (Å²) < 4.78 is 20.5. The number of halogens is 1. The first-order valence-corrected chi connectivity index (χ1v) is 19.8. The van der Waals surface area contributed by atoms with E-state index in [4.69, 9.17) is 13.7 Å². The maximum atomic E-state index is 13.7. The molecule has 0 amide bonds. The van der Waals surface area contributed by atoms with Gasteiger partial charge in [-0.05, 0) is 109 Å². The van der Waals surface area contributed by atoms with Crippen molar-refractivity contribution < 1.29 is 18.5 Å². The molecule has 2 aliphatic carbocycles. The number of nitrogens with zero attached hydrogens (tertiary/aromatic N) is 1. The first-order valence-electron chi connectivity index (χ1n) is 16.8. The third-order valence-corrected chi connectivity index (χ3v) is 15.9. The van der Waals surface area contributed by atoms with E-state index in [1.165, 1.54) is 16.8 Å². The molecule has 3 aromatic rings. The van der Waals surface area contributed by atoms with E-state index >= 15 is 0 Å². The van der Waals surface area contributed by atoms with Crippen LogP contribution in [0.1, 0.15) is 111 Å².